The van der Waals surface area contributed by atoms with E-state index in [0.29, 0.717) is 10.0 Å². The van der Waals surface area contributed by atoms with Gasteiger partial charge in [0.2, 0.25) is 0 Å². The van der Waals surface area contributed by atoms with Crippen molar-refractivity contribution < 1.29 is 23.9 Å². The van der Waals surface area contributed by atoms with Crippen LogP contribution in [-0.2, 0) is 14.3 Å². The topological polar surface area (TPSA) is 72.9 Å². The standard InChI is InChI=1S/C16H13BrClNO5S/c1-3-4-19-15(21)12(25-16(19)22)7-9-5-10(17)14(11(18)6-9)24-8-13(20)23-2/h3,5-7H,1,4,8H2,2H3/b12-7+. The van der Waals surface area contributed by atoms with Crippen LogP contribution in [0, 0.1) is 0 Å². The Balaban J connectivity index is 2.24. The Bertz CT molecular complexity index is 757. The molecule has 0 bridgehead atoms. The number of thioether (sulfide) groups is 1. The van der Waals surface area contributed by atoms with E-state index in [4.69, 9.17) is 16.3 Å². The highest BCUT2D eigenvalue weighted by atomic mass is 79.9. The first-order chi connectivity index (χ1) is 11.9. The maximum atomic E-state index is 12.2. The lowest BCUT2D eigenvalue weighted by atomic mass is 10.2. The van der Waals surface area contributed by atoms with Gasteiger partial charge < -0.3 is 9.47 Å². The quantitative estimate of drug-likeness (QED) is 0.375. The molecule has 1 aromatic rings. The maximum Gasteiger partial charge on any atom is 0.343 e. The Morgan fingerprint density at radius 3 is 2.76 bits per heavy atom. The number of hydrogen-bond acceptors (Lipinski definition) is 6. The second-order valence-electron chi connectivity index (χ2n) is 4.76. The van der Waals surface area contributed by atoms with Crippen molar-refractivity contribution in [2.24, 2.45) is 0 Å². The summed E-state index contributed by atoms with van der Waals surface area (Å²) in [7, 11) is 1.25. The van der Waals surface area contributed by atoms with Gasteiger partial charge in [-0.15, -0.1) is 6.58 Å². The number of rotatable bonds is 6. The number of benzene rings is 1. The average Bonchev–Trinajstić information content (AvgIpc) is 2.81. The molecule has 1 saturated heterocycles. The minimum Gasteiger partial charge on any atom is -0.479 e. The van der Waals surface area contributed by atoms with Gasteiger partial charge in [0.25, 0.3) is 11.1 Å². The Labute approximate surface area is 161 Å². The van der Waals surface area contributed by atoms with Crippen LogP contribution in [0.5, 0.6) is 5.75 Å². The number of ether oxygens (including phenoxy) is 2. The highest BCUT2D eigenvalue weighted by Gasteiger charge is 2.34. The molecule has 0 unspecified atom stereocenters. The van der Waals surface area contributed by atoms with E-state index in [-0.39, 0.29) is 40.0 Å². The van der Waals surface area contributed by atoms with Crippen molar-refractivity contribution >= 4 is 62.5 Å². The fraction of sp³-hybridized carbons (Fsp3) is 0.188. The van der Waals surface area contributed by atoms with Crippen LogP contribution in [0.4, 0.5) is 4.79 Å². The third kappa shape index (κ3) is 4.65. The Hall–Kier alpha value is -1.77. The highest BCUT2D eigenvalue weighted by molar-refractivity contribution is 9.10. The molecule has 0 atom stereocenters. The molecule has 0 radical (unpaired) electrons. The monoisotopic (exact) mass is 445 g/mol. The summed E-state index contributed by atoms with van der Waals surface area (Å²) in [6.45, 7) is 3.40. The van der Waals surface area contributed by atoms with Gasteiger partial charge in [-0.25, -0.2) is 4.79 Å². The lowest BCUT2D eigenvalue weighted by Gasteiger charge is -2.10. The fourth-order valence-corrected chi connectivity index (χ4v) is 3.77. The van der Waals surface area contributed by atoms with Crippen LogP contribution in [0.1, 0.15) is 5.56 Å². The second-order valence-corrected chi connectivity index (χ2v) is 7.01. The molecule has 0 spiro atoms. The number of carbonyl (C=O) groups excluding carboxylic acids is 3. The summed E-state index contributed by atoms with van der Waals surface area (Å²) < 4.78 is 10.3. The highest BCUT2D eigenvalue weighted by Crippen LogP contribution is 2.37. The molecule has 0 aliphatic carbocycles. The predicted molar refractivity (Wildman–Crippen MR) is 99.5 cm³/mol. The lowest BCUT2D eigenvalue weighted by Crippen LogP contribution is -2.27. The molecular formula is C16H13BrClNO5S. The molecule has 1 aromatic carbocycles. The second kappa shape index (κ2) is 8.55. The zero-order valence-corrected chi connectivity index (χ0v) is 16.2. The zero-order valence-electron chi connectivity index (χ0n) is 13.1. The number of amides is 2. The summed E-state index contributed by atoms with van der Waals surface area (Å²) in [6, 6.07) is 3.24. The molecule has 2 rings (SSSR count). The molecule has 1 heterocycles. The van der Waals surface area contributed by atoms with Crippen molar-refractivity contribution in [1.82, 2.24) is 4.90 Å². The third-order valence-electron chi connectivity index (χ3n) is 3.07. The largest absolute Gasteiger partial charge is 0.479 e. The number of methoxy groups -OCH3 is 1. The number of halogens is 2. The fourth-order valence-electron chi connectivity index (χ4n) is 1.93. The first kappa shape index (κ1) is 19.6. The molecule has 2 amide bonds. The van der Waals surface area contributed by atoms with Crippen molar-refractivity contribution in [3.63, 3.8) is 0 Å². The molecule has 1 aliphatic heterocycles. The summed E-state index contributed by atoms with van der Waals surface area (Å²) in [4.78, 5) is 36.6. The minimum atomic E-state index is -0.539. The van der Waals surface area contributed by atoms with Crippen LogP contribution >= 0.6 is 39.3 Å². The Morgan fingerprint density at radius 1 is 1.44 bits per heavy atom. The van der Waals surface area contributed by atoms with E-state index in [1.54, 1.807) is 18.2 Å². The molecular weight excluding hydrogens is 434 g/mol. The van der Waals surface area contributed by atoms with Gasteiger partial charge in [-0.2, -0.15) is 0 Å². The molecule has 9 heteroatoms. The smallest absolute Gasteiger partial charge is 0.343 e. The molecule has 1 aliphatic rings. The molecule has 0 aromatic heterocycles. The minimum absolute atomic E-state index is 0.159. The molecule has 132 valence electrons. The molecule has 25 heavy (non-hydrogen) atoms. The van der Waals surface area contributed by atoms with E-state index >= 15 is 0 Å². The summed E-state index contributed by atoms with van der Waals surface area (Å²) in [5.74, 6) is -0.639. The average molecular weight is 447 g/mol. The van der Waals surface area contributed by atoms with E-state index in [1.165, 1.54) is 13.2 Å². The summed E-state index contributed by atoms with van der Waals surface area (Å²) >= 11 is 10.3. The number of esters is 1. The number of hydrogen-bond donors (Lipinski definition) is 0. The van der Waals surface area contributed by atoms with E-state index in [0.717, 1.165) is 16.7 Å². The maximum absolute atomic E-state index is 12.2. The summed E-state index contributed by atoms with van der Waals surface area (Å²) in [5.41, 5.74) is 0.603. The van der Waals surface area contributed by atoms with Crippen LogP contribution in [-0.4, -0.2) is 42.3 Å². The van der Waals surface area contributed by atoms with Gasteiger partial charge in [0.1, 0.15) is 0 Å². The third-order valence-corrected chi connectivity index (χ3v) is 4.84. The first-order valence-corrected chi connectivity index (χ1v) is 8.91. The van der Waals surface area contributed by atoms with E-state index in [1.807, 2.05) is 0 Å². The summed E-state index contributed by atoms with van der Waals surface area (Å²) in [5, 5.41) is -0.103. The number of imide groups is 1. The molecule has 1 fully saturated rings. The van der Waals surface area contributed by atoms with Crippen LogP contribution < -0.4 is 4.74 Å². The molecule has 6 nitrogen and oxygen atoms in total. The SMILES string of the molecule is C=CCN1C(=O)S/C(=C/c2cc(Cl)c(OCC(=O)OC)c(Br)c2)C1=O. The van der Waals surface area contributed by atoms with Gasteiger partial charge in [0.05, 0.1) is 21.5 Å². The normalized spacial score (nSPS) is 15.6. The van der Waals surface area contributed by atoms with Crippen LogP contribution in [0.25, 0.3) is 6.08 Å². The van der Waals surface area contributed by atoms with Gasteiger partial charge in [-0.1, -0.05) is 17.7 Å². The lowest BCUT2D eigenvalue weighted by molar-refractivity contribution is -0.142. The first-order valence-electron chi connectivity index (χ1n) is 6.92. The van der Waals surface area contributed by atoms with E-state index in [9.17, 15) is 14.4 Å². The van der Waals surface area contributed by atoms with Crippen LogP contribution in [0.3, 0.4) is 0 Å². The van der Waals surface area contributed by atoms with Gasteiger partial charge >= 0.3 is 5.97 Å². The molecule has 0 saturated carbocycles. The zero-order chi connectivity index (χ0) is 18.6. The number of carbonyl (C=O) groups is 3. The van der Waals surface area contributed by atoms with Crippen molar-refractivity contribution in [3.8, 4) is 5.75 Å². The van der Waals surface area contributed by atoms with E-state index < -0.39 is 5.97 Å². The Kier molecular flexibility index (Phi) is 6.69. The van der Waals surface area contributed by atoms with Gasteiger partial charge in [0.15, 0.2) is 12.4 Å². The van der Waals surface area contributed by atoms with Gasteiger partial charge in [-0.05, 0) is 51.5 Å². The van der Waals surface area contributed by atoms with Crippen molar-refractivity contribution in [3.05, 3.63) is 44.8 Å². The van der Waals surface area contributed by atoms with Crippen molar-refractivity contribution in [2.75, 3.05) is 20.3 Å². The Morgan fingerprint density at radius 2 is 2.16 bits per heavy atom. The molecule has 0 N–H and O–H groups in total. The van der Waals surface area contributed by atoms with Crippen LogP contribution in [0.15, 0.2) is 34.2 Å². The predicted octanol–water partition coefficient (Wildman–Crippen LogP) is 3.88. The van der Waals surface area contributed by atoms with Gasteiger partial charge in [0, 0.05) is 6.54 Å². The number of nitrogens with zero attached hydrogens (tertiary/aromatic N) is 1. The van der Waals surface area contributed by atoms with Crippen molar-refractivity contribution in [1.29, 1.82) is 0 Å². The van der Waals surface area contributed by atoms with E-state index in [2.05, 4.69) is 27.2 Å². The summed E-state index contributed by atoms with van der Waals surface area (Å²) in [6.07, 6.45) is 3.05. The van der Waals surface area contributed by atoms with Gasteiger partial charge in [-0.3, -0.25) is 14.5 Å². The van der Waals surface area contributed by atoms with Crippen LogP contribution in [0.2, 0.25) is 5.02 Å². The van der Waals surface area contributed by atoms with Crippen molar-refractivity contribution in [2.45, 2.75) is 0 Å².